The summed E-state index contributed by atoms with van der Waals surface area (Å²) in [5.41, 5.74) is -1.27. The van der Waals surface area contributed by atoms with Crippen LogP contribution in [0, 0.1) is 0 Å². The van der Waals surface area contributed by atoms with Gasteiger partial charge in [0.15, 0.2) is 17.0 Å². The summed E-state index contributed by atoms with van der Waals surface area (Å²) in [4.78, 5) is 60.1. The number of unbranched alkanes of at least 4 members (excludes halogenated alkanes) is 1. The van der Waals surface area contributed by atoms with Crippen molar-refractivity contribution in [2.45, 2.75) is 32.3 Å². The van der Waals surface area contributed by atoms with Crippen LogP contribution in [0.3, 0.4) is 0 Å². The quantitative estimate of drug-likeness (QED) is 0.243. The average molecular weight is 552 g/mol. The monoisotopic (exact) mass is 552 g/mol. The molecule has 4 aromatic rings. The molecule has 0 radical (unpaired) electrons. The third kappa shape index (κ3) is 6.29. The maximum atomic E-state index is 12.6. The molecule has 0 saturated carbocycles. The first-order valence-electron chi connectivity index (χ1n) is 12.2. The van der Waals surface area contributed by atoms with Gasteiger partial charge >= 0.3 is 17.9 Å². The van der Waals surface area contributed by atoms with E-state index in [4.69, 9.17) is 33.3 Å². The number of hydrogen-bond acceptors (Lipinski definition) is 10. The lowest BCUT2D eigenvalue weighted by Crippen LogP contribution is -2.31. The summed E-state index contributed by atoms with van der Waals surface area (Å²) < 4.78 is 27.7. The highest BCUT2D eigenvalue weighted by atomic mass is 16.6. The minimum atomic E-state index is -1.40. The lowest BCUT2D eigenvalue weighted by atomic mass is 10.2. The number of ether oxygens (including phenoxy) is 3. The van der Waals surface area contributed by atoms with Gasteiger partial charge in [-0.25, -0.2) is 9.59 Å². The summed E-state index contributed by atoms with van der Waals surface area (Å²) in [6.45, 7) is 1.39. The third-order valence-electron chi connectivity index (χ3n) is 5.74. The van der Waals surface area contributed by atoms with Crippen molar-refractivity contribution < 1.29 is 47.6 Å². The summed E-state index contributed by atoms with van der Waals surface area (Å²) in [5.74, 6) is -4.21. The first-order valence-corrected chi connectivity index (χ1v) is 12.2. The highest BCUT2D eigenvalue weighted by Gasteiger charge is 2.21. The van der Waals surface area contributed by atoms with Gasteiger partial charge in [-0.1, -0.05) is 25.5 Å². The predicted molar refractivity (Wildman–Crippen MR) is 139 cm³/mol. The predicted octanol–water partition coefficient (Wildman–Crippen LogP) is 3.86. The van der Waals surface area contributed by atoms with Crippen molar-refractivity contribution in [1.29, 1.82) is 0 Å². The van der Waals surface area contributed by atoms with Crippen LogP contribution in [-0.4, -0.2) is 47.4 Å². The van der Waals surface area contributed by atoms with E-state index in [9.17, 15) is 24.0 Å². The van der Waals surface area contributed by atoms with Gasteiger partial charge in [0, 0.05) is 18.6 Å². The minimum Gasteiger partial charge on any atom is -0.489 e. The Morgan fingerprint density at radius 1 is 0.800 bits per heavy atom. The molecule has 2 aromatic carbocycles. The zero-order valence-corrected chi connectivity index (χ0v) is 21.2. The second kappa shape index (κ2) is 12.2. The van der Waals surface area contributed by atoms with Crippen LogP contribution in [-0.2, 0) is 9.53 Å². The topological polar surface area (TPSA) is 180 Å². The minimum absolute atomic E-state index is 0.00153. The average Bonchev–Trinajstić information content (AvgIpc) is 2.92. The summed E-state index contributed by atoms with van der Waals surface area (Å²) >= 11 is 0. The molecule has 2 N–H and O–H groups in total. The molecule has 0 bridgehead atoms. The smallest absolute Gasteiger partial charge is 0.371 e. The highest BCUT2D eigenvalue weighted by Crippen LogP contribution is 2.26. The number of carbonyl (C=O) groups excluding carboxylic acids is 1. The van der Waals surface area contributed by atoms with E-state index in [1.807, 2.05) is 6.92 Å². The molecule has 208 valence electrons. The lowest BCUT2D eigenvalue weighted by Gasteiger charge is -2.20. The number of hydrogen-bond donors (Lipinski definition) is 2. The fourth-order valence-corrected chi connectivity index (χ4v) is 3.86. The number of carboxylic acids is 2. The molecular weight excluding hydrogens is 528 g/mol. The molecule has 0 unspecified atom stereocenters. The van der Waals surface area contributed by atoms with Gasteiger partial charge in [-0.2, -0.15) is 0 Å². The molecular formula is C28H24O12. The van der Waals surface area contributed by atoms with Crippen LogP contribution in [0.2, 0.25) is 0 Å². The highest BCUT2D eigenvalue weighted by molar-refractivity contribution is 5.90. The molecule has 0 spiro atoms. The Hall–Kier alpha value is -5.13. The molecule has 2 heterocycles. The maximum Gasteiger partial charge on any atom is 0.371 e. The van der Waals surface area contributed by atoms with Crippen LogP contribution >= 0.6 is 0 Å². The Labute approximate surface area is 225 Å². The Bertz CT molecular complexity index is 1580. The Morgan fingerprint density at radius 2 is 1.27 bits per heavy atom. The molecule has 0 atom stereocenters. The van der Waals surface area contributed by atoms with Crippen LogP contribution in [0.1, 0.15) is 47.3 Å². The number of aromatic carboxylic acids is 2. The fraction of sp³-hybridized carbons (Fsp3) is 0.250. The zero-order valence-electron chi connectivity index (χ0n) is 21.2. The van der Waals surface area contributed by atoms with Gasteiger partial charge in [0.05, 0.1) is 0 Å². The number of esters is 1. The Balaban J connectivity index is 1.59. The van der Waals surface area contributed by atoms with E-state index >= 15 is 0 Å². The molecule has 4 rings (SSSR count). The number of benzene rings is 2. The summed E-state index contributed by atoms with van der Waals surface area (Å²) in [6.07, 6.45) is 0.518. The van der Waals surface area contributed by atoms with E-state index in [0.717, 1.165) is 18.6 Å². The molecule has 12 heteroatoms. The Kier molecular flexibility index (Phi) is 8.48. The molecule has 0 aliphatic rings. The summed E-state index contributed by atoms with van der Waals surface area (Å²) in [7, 11) is 0. The number of rotatable bonds is 12. The van der Waals surface area contributed by atoms with Crippen molar-refractivity contribution in [2.75, 3.05) is 13.2 Å². The summed E-state index contributed by atoms with van der Waals surface area (Å²) in [6, 6.07) is 10.5. The molecule has 0 saturated heterocycles. The van der Waals surface area contributed by atoms with Crippen molar-refractivity contribution >= 4 is 39.8 Å². The van der Waals surface area contributed by atoms with Crippen LogP contribution < -0.4 is 20.3 Å². The van der Waals surface area contributed by atoms with Gasteiger partial charge in [-0.3, -0.25) is 14.4 Å². The standard InChI is InChI=1S/C28H24O12/c1-2-3-10-24(31)38-15(13-36-18-6-4-8-20-25(18)16(29)11-22(39-20)27(32)33)14-37-19-7-5-9-21-26(19)17(30)12-23(40-21)28(34)35/h4-9,11-12,15H,2-3,10,13-14H2,1H3,(H,32,33)(H,34,35). The van der Waals surface area contributed by atoms with Crippen LogP contribution in [0.5, 0.6) is 11.5 Å². The van der Waals surface area contributed by atoms with Gasteiger partial charge in [-0.15, -0.1) is 0 Å². The van der Waals surface area contributed by atoms with Gasteiger partial charge in [0.1, 0.15) is 46.7 Å². The molecule has 2 aromatic heterocycles. The van der Waals surface area contributed by atoms with Crippen LogP contribution in [0.15, 0.2) is 67.0 Å². The van der Waals surface area contributed by atoms with Crippen molar-refractivity contribution in [2.24, 2.45) is 0 Å². The first-order chi connectivity index (χ1) is 19.2. The van der Waals surface area contributed by atoms with E-state index in [0.29, 0.717) is 6.42 Å². The number of fused-ring (bicyclic) bond motifs is 2. The van der Waals surface area contributed by atoms with E-state index in [1.165, 1.54) is 36.4 Å². The maximum absolute atomic E-state index is 12.6. The molecule has 0 fully saturated rings. The van der Waals surface area contributed by atoms with Crippen molar-refractivity contribution in [3.05, 3.63) is 80.5 Å². The first kappa shape index (κ1) is 27.9. The number of carbonyl (C=O) groups is 3. The molecule has 0 amide bonds. The molecule has 0 aliphatic heterocycles. The zero-order chi connectivity index (χ0) is 28.8. The Morgan fingerprint density at radius 3 is 1.70 bits per heavy atom. The lowest BCUT2D eigenvalue weighted by molar-refractivity contribution is -0.152. The SMILES string of the molecule is CCCCC(=O)OC(COc1cccc2oc(C(=O)O)cc(=O)c12)COc1cccc2oc(C(=O)O)cc(=O)c12. The van der Waals surface area contributed by atoms with E-state index in [1.54, 1.807) is 0 Å². The van der Waals surface area contributed by atoms with E-state index < -0.39 is 46.4 Å². The second-order valence-electron chi connectivity index (χ2n) is 8.66. The van der Waals surface area contributed by atoms with Crippen molar-refractivity contribution in [3.8, 4) is 11.5 Å². The van der Waals surface area contributed by atoms with Crippen LogP contribution in [0.25, 0.3) is 21.9 Å². The summed E-state index contributed by atoms with van der Waals surface area (Å²) in [5, 5.41) is 18.3. The largest absolute Gasteiger partial charge is 0.489 e. The van der Waals surface area contributed by atoms with E-state index in [2.05, 4.69) is 0 Å². The molecule has 40 heavy (non-hydrogen) atoms. The van der Waals surface area contributed by atoms with Crippen molar-refractivity contribution in [1.82, 2.24) is 0 Å². The van der Waals surface area contributed by atoms with Gasteiger partial charge < -0.3 is 33.3 Å². The van der Waals surface area contributed by atoms with Gasteiger partial charge in [-0.05, 0) is 30.7 Å². The van der Waals surface area contributed by atoms with Gasteiger partial charge in [0.2, 0.25) is 11.5 Å². The second-order valence-corrected chi connectivity index (χ2v) is 8.66. The third-order valence-corrected chi connectivity index (χ3v) is 5.74. The van der Waals surface area contributed by atoms with E-state index in [-0.39, 0.29) is 53.1 Å². The normalized spacial score (nSPS) is 11.1. The fourth-order valence-electron chi connectivity index (χ4n) is 3.86. The molecule has 0 aliphatic carbocycles. The van der Waals surface area contributed by atoms with Crippen molar-refractivity contribution in [3.63, 3.8) is 0 Å². The van der Waals surface area contributed by atoms with Crippen LogP contribution in [0.4, 0.5) is 0 Å². The molecule has 12 nitrogen and oxygen atoms in total. The number of carboxylic acid groups (broad SMARTS) is 2. The van der Waals surface area contributed by atoms with Gasteiger partial charge in [0.25, 0.3) is 0 Å².